The number of rotatable bonds is 4. The van der Waals surface area contributed by atoms with Gasteiger partial charge >= 0.3 is 12.1 Å². The van der Waals surface area contributed by atoms with Crippen molar-refractivity contribution in [2.24, 2.45) is 0 Å². The van der Waals surface area contributed by atoms with E-state index >= 15 is 0 Å². The smallest absolute Gasteiger partial charge is 0.237 e. The average molecular weight is 366 g/mol. The summed E-state index contributed by atoms with van der Waals surface area (Å²) in [5.41, 5.74) is 0.715. The molecule has 0 N–H and O–H groups in total. The first-order valence-electron chi connectivity index (χ1n) is 7.35. The summed E-state index contributed by atoms with van der Waals surface area (Å²) in [7, 11) is 0. The lowest BCUT2D eigenvalue weighted by molar-refractivity contribution is -0.292. The zero-order chi connectivity index (χ0) is 18.8. The molecule has 0 saturated heterocycles. The standard InChI is InChI=1S/C17H11F5N4/c18-16(19,17(20,21)22)15-24-14(10-9-12-6-2-1-3-7-12)26(25-15)13-8-4-5-11-23-13/h1-11H/b10-9+. The predicted molar refractivity (Wildman–Crippen MR) is 84.5 cm³/mol. The Kier molecular flexibility index (Phi) is 4.54. The van der Waals surface area contributed by atoms with Crippen LogP contribution in [0.25, 0.3) is 18.0 Å². The van der Waals surface area contributed by atoms with Gasteiger partial charge in [-0.15, -0.1) is 5.10 Å². The Bertz CT molecular complexity index is 902. The van der Waals surface area contributed by atoms with E-state index in [1.165, 1.54) is 24.4 Å². The fourth-order valence-corrected chi connectivity index (χ4v) is 2.07. The van der Waals surface area contributed by atoms with Gasteiger partial charge in [-0.3, -0.25) is 0 Å². The number of alkyl halides is 5. The zero-order valence-electron chi connectivity index (χ0n) is 13.0. The van der Waals surface area contributed by atoms with Crippen molar-refractivity contribution < 1.29 is 22.0 Å². The summed E-state index contributed by atoms with van der Waals surface area (Å²) < 4.78 is 66.0. The third-order valence-corrected chi connectivity index (χ3v) is 3.36. The Hall–Kier alpha value is -3.10. The summed E-state index contributed by atoms with van der Waals surface area (Å²) >= 11 is 0. The Morgan fingerprint density at radius 2 is 1.54 bits per heavy atom. The Balaban J connectivity index is 2.09. The molecule has 3 rings (SSSR count). The van der Waals surface area contributed by atoms with E-state index in [1.807, 2.05) is 0 Å². The maximum absolute atomic E-state index is 13.6. The summed E-state index contributed by atoms with van der Waals surface area (Å²) in [5.74, 6) is -6.95. The van der Waals surface area contributed by atoms with Crippen LogP contribution in [0, 0.1) is 0 Å². The summed E-state index contributed by atoms with van der Waals surface area (Å²) in [6.07, 6.45) is -1.61. The number of hydrogen-bond acceptors (Lipinski definition) is 3. The predicted octanol–water partition coefficient (Wildman–Crippen LogP) is 4.49. The maximum Gasteiger partial charge on any atom is 0.461 e. The molecule has 0 aliphatic rings. The fourth-order valence-electron chi connectivity index (χ4n) is 2.07. The van der Waals surface area contributed by atoms with Crippen LogP contribution in [-0.2, 0) is 5.92 Å². The topological polar surface area (TPSA) is 43.6 Å². The minimum absolute atomic E-state index is 0.0666. The Labute approximate surface area is 144 Å². The van der Waals surface area contributed by atoms with Gasteiger partial charge in [0.1, 0.15) is 0 Å². The largest absolute Gasteiger partial charge is 0.461 e. The molecule has 2 heterocycles. The van der Waals surface area contributed by atoms with E-state index in [2.05, 4.69) is 15.1 Å². The molecule has 0 saturated carbocycles. The first kappa shape index (κ1) is 17.7. The summed E-state index contributed by atoms with van der Waals surface area (Å²) in [6.45, 7) is 0. The lowest BCUT2D eigenvalue weighted by atomic mass is 10.2. The molecule has 26 heavy (non-hydrogen) atoms. The molecule has 0 atom stereocenters. The van der Waals surface area contributed by atoms with Crippen molar-refractivity contribution in [3.05, 3.63) is 71.9 Å². The van der Waals surface area contributed by atoms with E-state index in [1.54, 1.807) is 42.5 Å². The van der Waals surface area contributed by atoms with Gasteiger partial charge in [0.05, 0.1) is 0 Å². The summed E-state index contributed by atoms with van der Waals surface area (Å²) in [5, 5.41) is 3.35. The third-order valence-electron chi connectivity index (χ3n) is 3.36. The second-order valence-electron chi connectivity index (χ2n) is 5.21. The van der Waals surface area contributed by atoms with E-state index in [4.69, 9.17) is 0 Å². The Morgan fingerprint density at radius 3 is 2.15 bits per heavy atom. The van der Waals surface area contributed by atoms with Crippen LogP contribution in [0.1, 0.15) is 17.2 Å². The van der Waals surface area contributed by atoms with Crippen LogP contribution >= 0.6 is 0 Å². The van der Waals surface area contributed by atoms with Crippen LogP contribution in [0.3, 0.4) is 0 Å². The van der Waals surface area contributed by atoms with E-state index < -0.39 is 17.9 Å². The van der Waals surface area contributed by atoms with Gasteiger partial charge in [-0.25, -0.2) is 9.97 Å². The van der Waals surface area contributed by atoms with Crippen molar-refractivity contribution in [3.8, 4) is 5.82 Å². The van der Waals surface area contributed by atoms with Crippen molar-refractivity contribution in [1.29, 1.82) is 0 Å². The van der Waals surface area contributed by atoms with E-state index in [9.17, 15) is 22.0 Å². The van der Waals surface area contributed by atoms with Gasteiger partial charge in [0, 0.05) is 6.20 Å². The highest BCUT2D eigenvalue weighted by Gasteiger charge is 2.62. The van der Waals surface area contributed by atoms with Gasteiger partial charge in [-0.2, -0.15) is 26.6 Å². The first-order valence-corrected chi connectivity index (χ1v) is 7.35. The molecule has 0 spiro atoms. The van der Waals surface area contributed by atoms with Gasteiger partial charge < -0.3 is 0 Å². The normalized spacial score (nSPS) is 12.7. The third kappa shape index (κ3) is 3.46. The summed E-state index contributed by atoms with van der Waals surface area (Å²) in [6, 6.07) is 13.3. The lowest BCUT2D eigenvalue weighted by Gasteiger charge is -2.15. The number of aromatic nitrogens is 4. The minimum atomic E-state index is -5.80. The quantitative estimate of drug-likeness (QED) is 0.639. The molecule has 9 heteroatoms. The van der Waals surface area contributed by atoms with Crippen LogP contribution in [0.15, 0.2) is 54.7 Å². The van der Waals surface area contributed by atoms with Gasteiger partial charge in [0.15, 0.2) is 11.6 Å². The number of nitrogens with zero attached hydrogens (tertiary/aromatic N) is 4. The molecular weight excluding hydrogens is 355 g/mol. The van der Waals surface area contributed by atoms with Gasteiger partial charge in [-0.1, -0.05) is 42.5 Å². The second-order valence-corrected chi connectivity index (χ2v) is 5.21. The number of benzene rings is 1. The zero-order valence-corrected chi connectivity index (χ0v) is 13.0. The van der Waals surface area contributed by atoms with Gasteiger partial charge in [0.25, 0.3) is 0 Å². The van der Waals surface area contributed by atoms with E-state index in [0.29, 0.717) is 5.56 Å². The molecular formula is C17H11F5N4. The molecule has 0 amide bonds. The van der Waals surface area contributed by atoms with Crippen LogP contribution in [0.5, 0.6) is 0 Å². The highest BCUT2D eigenvalue weighted by molar-refractivity contribution is 5.67. The van der Waals surface area contributed by atoms with Crippen LogP contribution in [0.2, 0.25) is 0 Å². The van der Waals surface area contributed by atoms with Crippen molar-refractivity contribution in [2.75, 3.05) is 0 Å². The Morgan fingerprint density at radius 1 is 0.846 bits per heavy atom. The van der Waals surface area contributed by atoms with Crippen LogP contribution < -0.4 is 0 Å². The second kappa shape index (κ2) is 6.66. The molecule has 0 fully saturated rings. The SMILES string of the molecule is FC(F)(F)C(F)(F)c1nc(/C=C/c2ccccc2)n(-c2ccccn2)n1. The van der Waals surface area contributed by atoms with Crippen molar-refractivity contribution in [2.45, 2.75) is 12.1 Å². The first-order chi connectivity index (χ1) is 12.3. The molecule has 3 aromatic rings. The highest BCUT2D eigenvalue weighted by atomic mass is 19.4. The number of hydrogen-bond donors (Lipinski definition) is 0. The van der Waals surface area contributed by atoms with Gasteiger partial charge in [-0.05, 0) is 23.8 Å². The molecule has 2 aromatic heterocycles. The van der Waals surface area contributed by atoms with Gasteiger partial charge in [0.2, 0.25) is 5.82 Å². The molecule has 0 bridgehead atoms. The van der Waals surface area contributed by atoms with Crippen molar-refractivity contribution >= 4 is 12.2 Å². The van der Waals surface area contributed by atoms with Crippen molar-refractivity contribution in [3.63, 3.8) is 0 Å². The molecule has 0 aliphatic carbocycles. The number of pyridine rings is 1. The van der Waals surface area contributed by atoms with E-state index in [0.717, 1.165) is 4.68 Å². The average Bonchev–Trinajstić information content (AvgIpc) is 3.05. The highest BCUT2D eigenvalue weighted by Crippen LogP contribution is 2.42. The van der Waals surface area contributed by atoms with Crippen LogP contribution in [-0.4, -0.2) is 25.9 Å². The van der Waals surface area contributed by atoms with Crippen molar-refractivity contribution in [1.82, 2.24) is 19.7 Å². The van der Waals surface area contributed by atoms with E-state index in [-0.39, 0.29) is 11.6 Å². The maximum atomic E-state index is 13.6. The molecule has 0 unspecified atom stereocenters. The monoisotopic (exact) mass is 366 g/mol. The molecule has 4 nitrogen and oxygen atoms in total. The molecule has 0 radical (unpaired) electrons. The fraction of sp³-hybridized carbons (Fsp3) is 0.118. The minimum Gasteiger partial charge on any atom is -0.237 e. The molecule has 1 aromatic carbocycles. The number of halogens is 5. The summed E-state index contributed by atoms with van der Waals surface area (Å²) in [4.78, 5) is 7.32. The van der Waals surface area contributed by atoms with Crippen LogP contribution in [0.4, 0.5) is 22.0 Å². The lowest BCUT2D eigenvalue weighted by Crippen LogP contribution is -2.35. The molecule has 134 valence electrons. The molecule has 0 aliphatic heterocycles.